The number of para-hydroxylation sites is 1. The van der Waals surface area contributed by atoms with E-state index in [1.807, 2.05) is 53.3 Å². The maximum atomic E-state index is 13.4. The van der Waals surface area contributed by atoms with Gasteiger partial charge in [-0.1, -0.05) is 87.5 Å². The van der Waals surface area contributed by atoms with E-state index in [1.165, 1.54) is 17.7 Å². The molecule has 1 atom stereocenters. The highest BCUT2D eigenvalue weighted by atomic mass is 16.3. The quantitative estimate of drug-likeness (QED) is 0.167. The van der Waals surface area contributed by atoms with Crippen LogP contribution >= 0.6 is 0 Å². The first kappa shape index (κ1) is 31.2. The lowest BCUT2D eigenvalue weighted by Crippen LogP contribution is -2.45. The predicted octanol–water partition coefficient (Wildman–Crippen LogP) is 6.64. The van der Waals surface area contributed by atoms with Crippen molar-refractivity contribution in [3.63, 3.8) is 0 Å². The van der Waals surface area contributed by atoms with Crippen LogP contribution in [0.15, 0.2) is 115 Å². The van der Waals surface area contributed by atoms with E-state index in [2.05, 4.69) is 61.4 Å². The minimum atomic E-state index is -0.927. The molecule has 0 saturated heterocycles. The van der Waals surface area contributed by atoms with Crippen LogP contribution in [0.4, 0.5) is 0 Å². The third-order valence-electron chi connectivity index (χ3n) is 8.26. The van der Waals surface area contributed by atoms with Crippen LogP contribution in [-0.4, -0.2) is 37.7 Å². The number of amides is 2. The molecule has 4 N–H and O–H groups in total. The molecule has 47 heavy (non-hydrogen) atoms. The van der Waals surface area contributed by atoms with Gasteiger partial charge in [-0.25, -0.2) is 0 Å². The van der Waals surface area contributed by atoms with E-state index in [0.29, 0.717) is 12.1 Å². The van der Waals surface area contributed by atoms with Crippen LogP contribution in [0.25, 0.3) is 33.4 Å². The number of hydrogen-bond donors (Lipinski definition) is 3. The molecule has 0 fully saturated rings. The Hall–Kier alpha value is -5.76. The molecule has 4 aromatic carbocycles. The maximum Gasteiger partial charge on any atom is 0.251 e. The molecule has 0 spiro atoms. The number of nitrogens with one attached hydrogen (secondary N) is 1. The Morgan fingerprint density at radius 2 is 1.57 bits per heavy atom. The van der Waals surface area contributed by atoms with Gasteiger partial charge in [-0.3, -0.25) is 19.3 Å². The molecular formula is C39H37N5O3. The Kier molecular flexibility index (Phi) is 8.59. The van der Waals surface area contributed by atoms with Crippen LogP contribution in [0.5, 0.6) is 5.75 Å². The second-order valence-corrected chi connectivity index (χ2v) is 12.8. The monoisotopic (exact) mass is 623 g/mol. The number of aromatic nitrogens is 3. The molecule has 0 bridgehead atoms. The number of nitrogens with two attached hydrogens (primary N) is 1. The zero-order valence-electron chi connectivity index (χ0n) is 26.6. The smallest absolute Gasteiger partial charge is 0.251 e. The normalized spacial score (nSPS) is 12.1. The maximum absolute atomic E-state index is 13.4. The Bertz CT molecular complexity index is 2060. The number of carbonyl (C=O) groups is 2. The van der Waals surface area contributed by atoms with Crippen LogP contribution in [0.2, 0.25) is 0 Å². The number of phenolic OH excluding ortho intramolecular Hbond substituents is 1. The average molecular weight is 624 g/mol. The predicted molar refractivity (Wildman–Crippen MR) is 185 cm³/mol. The van der Waals surface area contributed by atoms with Crippen molar-refractivity contribution in [3.8, 4) is 28.3 Å². The molecule has 0 aliphatic carbocycles. The summed E-state index contributed by atoms with van der Waals surface area (Å²) in [6.07, 6.45) is 2.03. The van der Waals surface area contributed by atoms with Crippen molar-refractivity contribution < 1.29 is 14.7 Å². The molecule has 0 aliphatic heterocycles. The minimum absolute atomic E-state index is 0.0459. The average Bonchev–Trinajstić information content (AvgIpc) is 3.48. The van der Waals surface area contributed by atoms with Gasteiger partial charge in [0.2, 0.25) is 5.91 Å². The molecule has 0 saturated carbocycles. The van der Waals surface area contributed by atoms with Gasteiger partial charge in [-0.2, -0.15) is 5.10 Å². The van der Waals surface area contributed by atoms with Crippen molar-refractivity contribution in [2.75, 3.05) is 0 Å². The number of hydrogen-bond acceptors (Lipinski definition) is 5. The molecule has 8 heteroatoms. The zero-order valence-corrected chi connectivity index (χ0v) is 26.6. The summed E-state index contributed by atoms with van der Waals surface area (Å²) in [6.45, 7) is 7.10. The molecule has 2 aromatic heterocycles. The summed E-state index contributed by atoms with van der Waals surface area (Å²) in [5, 5.41) is 18.4. The van der Waals surface area contributed by atoms with E-state index < -0.39 is 17.9 Å². The highest BCUT2D eigenvalue weighted by Crippen LogP contribution is 2.30. The molecule has 6 rings (SSSR count). The second kappa shape index (κ2) is 12.9. The number of benzene rings is 4. The van der Waals surface area contributed by atoms with Crippen LogP contribution in [0.1, 0.15) is 47.8 Å². The Balaban J connectivity index is 1.33. The van der Waals surface area contributed by atoms with E-state index >= 15 is 0 Å². The van der Waals surface area contributed by atoms with Gasteiger partial charge in [0.05, 0.1) is 23.4 Å². The lowest BCUT2D eigenvalue weighted by Gasteiger charge is -2.19. The zero-order chi connectivity index (χ0) is 33.1. The third kappa shape index (κ3) is 7.23. The number of nitrogens with zero attached hydrogens (tertiary/aromatic N) is 3. The topological polar surface area (TPSA) is 123 Å². The van der Waals surface area contributed by atoms with Crippen molar-refractivity contribution in [2.24, 2.45) is 5.73 Å². The standard InChI is InChI=1S/C39H37N5O3/c1-39(2,3)31-15-11-26(12-16-31)24-44-36(22-34(43-44)30-20-27-7-4-5-10-33(27)41-23-30)28-8-6-9-29(21-28)38(47)42-35(37(40)46)19-25-13-17-32(45)18-14-25/h4-18,20-23,35,45H,19,24H2,1-3H3,(H2,40,46)(H,42,47)/t35-/m0/s1. The third-order valence-corrected chi connectivity index (χ3v) is 8.26. The summed E-state index contributed by atoms with van der Waals surface area (Å²) < 4.78 is 1.95. The fourth-order valence-corrected chi connectivity index (χ4v) is 5.56. The fraction of sp³-hybridized carbons (Fsp3) is 0.179. The van der Waals surface area contributed by atoms with E-state index in [-0.39, 0.29) is 17.6 Å². The molecule has 0 aliphatic rings. The van der Waals surface area contributed by atoms with Crippen molar-refractivity contribution in [2.45, 2.75) is 45.2 Å². The molecule has 0 radical (unpaired) electrons. The van der Waals surface area contributed by atoms with Gasteiger partial charge in [0.25, 0.3) is 5.91 Å². The van der Waals surface area contributed by atoms with Gasteiger partial charge < -0.3 is 16.2 Å². The number of carbonyl (C=O) groups excluding carboxylic acids is 2. The first-order valence-corrected chi connectivity index (χ1v) is 15.5. The number of rotatable bonds is 9. The summed E-state index contributed by atoms with van der Waals surface area (Å²) in [5.74, 6) is -0.949. The molecule has 236 valence electrons. The first-order valence-electron chi connectivity index (χ1n) is 15.5. The van der Waals surface area contributed by atoms with Gasteiger partial charge in [0, 0.05) is 34.7 Å². The summed E-state index contributed by atoms with van der Waals surface area (Å²) in [6, 6.07) is 33.4. The second-order valence-electron chi connectivity index (χ2n) is 12.8. The fourth-order valence-electron chi connectivity index (χ4n) is 5.56. The van der Waals surface area contributed by atoms with Crippen molar-refractivity contribution in [3.05, 3.63) is 138 Å². The highest BCUT2D eigenvalue weighted by molar-refractivity contribution is 5.98. The van der Waals surface area contributed by atoms with E-state index in [0.717, 1.165) is 44.5 Å². The lowest BCUT2D eigenvalue weighted by molar-refractivity contribution is -0.119. The van der Waals surface area contributed by atoms with Gasteiger partial charge in [-0.05, 0) is 64.6 Å². The SMILES string of the molecule is CC(C)(C)c1ccc(Cn2nc(-c3cnc4ccccc4c3)cc2-c2cccc(C(=O)N[C@@H](Cc3ccc(O)cc3)C(N)=O)c2)cc1. The number of phenols is 1. The summed E-state index contributed by atoms with van der Waals surface area (Å²) in [7, 11) is 0. The van der Waals surface area contributed by atoms with Crippen LogP contribution in [0, 0.1) is 0 Å². The first-order chi connectivity index (χ1) is 22.5. The minimum Gasteiger partial charge on any atom is -0.508 e. The van der Waals surface area contributed by atoms with Crippen molar-refractivity contribution in [1.29, 1.82) is 0 Å². The number of primary amides is 1. The van der Waals surface area contributed by atoms with Gasteiger partial charge in [-0.15, -0.1) is 0 Å². The molecule has 2 amide bonds. The Labute approximate surface area is 273 Å². The largest absolute Gasteiger partial charge is 0.508 e. The van der Waals surface area contributed by atoms with Crippen LogP contribution in [-0.2, 0) is 23.2 Å². The molecule has 8 nitrogen and oxygen atoms in total. The molecule has 0 unspecified atom stereocenters. The van der Waals surface area contributed by atoms with Gasteiger partial charge >= 0.3 is 0 Å². The van der Waals surface area contributed by atoms with Crippen LogP contribution < -0.4 is 11.1 Å². The van der Waals surface area contributed by atoms with Gasteiger partial charge in [0.1, 0.15) is 11.8 Å². The van der Waals surface area contributed by atoms with E-state index in [9.17, 15) is 14.7 Å². The van der Waals surface area contributed by atoms with Crippen LogP contribution in [0.3, 0.4) is 0 Å². The number of aromatic hydroxyl groups is 1. The van der Waals surface area contributed by atoms with E-state index in [4.69, 9.17) is 10.8 Å². The van der Waals surface area contributed by atoms with Crippen molar-refractivity contribution >= 4 is 22.7 Å². The Morgan fingerprint density at radius 1 is 0.851 bits per heavy atom. The number of fused-ring (bicyclic) bond motifs is 1. The lowest BCUT2D eigenvalue weighted by atomic mass is 9.87. The Morgan fingerprint density at radius 3 is 2.30 bits per heavy atom. The van der Waals surface area contributed by atoms with Crippen molar-refractivity contribution in [1.82, 2.24) is 20.1 Å². The summed E-state index contributed by atoms with van der Waals surface area (Å²) in [5.41, 5.74) is 13.4. The van der Waals surface area contributed by atoms with Gasteiger partial charge in [0.15, 0.2) is 0 Å². The molecular weight excluding hydrogens is 586 g/mol. The summed E-state index contributed by atoms with van der Waals surface area (Å²) >= 11 is 0. The molecule has 2 heterocycles. The van der Waals surface area contributed by atoms with E-state index in [1.54, 1.807) is 24.3 Å². The number of pyridine rings is 1. The summed E-state index contributed by atoms with van der Waals surface area (Å²) in [4.78, 5) is 30.4. The highest BCUT2D eigenvalue weighted by Gasteiger charge is 2.21. The molecule has 6 aromatic rings.